The summed E-state index contributed by atoms with van der Waals surface area (Å²) in [7, 11) is 1.26. The van der Waals surface area contributed by atoms with E-state index in [9.17, 15) is 32.3 Å². The number of benzene rings is 1. The molecule has 0 bridgehead atoms. The SMILES string of the molecule is CCC(=O)[C@H](C[C@@H]1CCCC1=O)NC(=O)[C@@H]1[C@H]2CCC[C@H]2CN1C(=O)c1cc2c(OC)cc(C(F)(F)F)cc2[nH]1. The molecule has 1 aromatic carbocycles. The quantitative estimate of drug-likeness (QED) is 0.488. The molecule has 1 aliphatic heterocycles. The molecule has 11 heteroatoms. The van der Waals surface area contributed by atoms with Crippen molar-refractivity contribution in [3.63, 3.8) is 0 Å². The summed E-state index contributed by atoms with van der Waals surface area (Å²) in [6.07, 6.45) is 0.384. The van der Waals surface area contributed by atoms with Gasteiger partial charge in [-0.3, -0.25) is 19.2 Å². The molecule has 5 rings (SSSR count). The summed E-state index contributed by atoms with van der Waals surface area (Å²) < 4.78 is 45.4. The zero-order valence-corrected chi connectivity index (χ0v) is 22.6. The van der Waals surface area contributed by atoms with E-state index in [0.717, 1.165) is 37.8 Å². The highest BCUT2D eigenvalue weighted by Crippen LogP contribution is 2.43. The zero-order valence-electron chi connectivity index (χ0n) is 22.6. The number of nitrogens with zero attached hydrogens (tertiary/aromatic N) is 1. The van der Waals surface area contributed by atoms with E-state index in [4.69, 9.17) is 4.74 Å². The third-order valence-corrected chi connectivity index (χ3v) is 8.90. The molecular weight excluding hydrogens is 527 g/mol. The number of likely N-dealkylation sites (tertiary alicyclic amines) is 1. The molecule has 2 saturated carbocycles. The van der Waals surface area contributed by atoms with Crippen LogP contribution in [0.4, 0.5) is 13.2 Å². The molecular formula is C29H34F3N3O5. The number of carbonyl (C=O) groups excluding carboxylic acids is 4. The van der Waals surface area contributed by atoms with Crippen molar-refractivity contribution < 1.29 is 37.1 Å². The minimum atomic E-state index is -4.60. The smallest absolute Gasteiger partial charge is 0.416 e. The molecule has 2 aliphatic carbocycles. The summed E-state index contributed by atoms with van der Waals surface area (Å²) in [4.78, 5) is 56.9. The van der Waals surface area contributed by atoms with Crippen molar-refractivity contribution in [3.8, 4) is 5.75 Å². The van der Waals surface area contributed by atoms with E-state index in [2.05, 4.69) is 10.3 Å². The number of hydrogen-bond donors (Lipinski definition) is 2. The molecule has 216 valence electrons. The largest absolute Gasteiger partial charge is 0.496 e. The first-order valence-electron chi connectivity index (χ1n) is 14.0. The highest BCUT2D eigenvalue weighted by molar-refractivity contribution is 6.02. The summed E-state index contributed by atoms with van der Waals surface area (Å²) in [6, 6.07) is 1.66. The predicted octanol–water partition coefficient (Wildman–Crippen LogP) is 4.66. The first-order valence-corrected chi connectivity index (χ1v) is 14.0. The van der Waals surface area contributed by atoms with Crippen molar-refractivity contribution in [2.75, 3.05) is 13.7 Å². The fraction of sp³-hybridized carbons (Fsp3) is 0.586. The van der Waals surface area contributed by atoms with E-state index in [1.807, 2.05) is 0 Å². The first-order chi connectivity index (χ1) is 19.0. The third kappa shape index (κ3) is 5.22. The Bertz CT molecular complexity index is 1340. The van der Waals surface area contributed by atoms with Crippen molar-refractivity contribution in [2.24, 2.45) is 17.8 Å². The molecule has 3 aliphatic rings. The van der Waals surface area contributed by atoms with Gasteiger partial charge >= 0.3 is 6.18 Å². The molecule has 1 aromatic heterocycles. The van der Waals surface area contributed by atoms with Crippen molar-refractivity contribution in [2.45, 2.75) is 76.6 Å². The lowest BCUT2D eigenvalue weighted by molar-refractivity contribution is -0.137. The molecule has 8 nitrogen and oxygen atoms in total. The topological polar surface area (TPSA) is 109 Å². The van der Waals surface area contributed by atoms with E-state index in [-0.39, 0.29) is 59.1 Å². The first kappa shape index (κ1) is 28.2. The normalized spacial score (nSPS) is 25.3. The number of ketones is 2. The van der Waals surface area contributed by atoms with Gasteiger partial charge in [0.1, 0.15) is 23.3 Å². The van der Waals surface area contributed by atoms with Crippen LogP contribution in [-0.4, -0.2) is 59.0 Å². The average molecular weight is 562 g/mol. The minimum absolute atomic E-state index is 0.0184. The number of amides is 2. The summed E-state index contributed by atoms with van der Waals surface area (Å²) in [5, 5.41) is 3.21. The summed E-state index contributed by atoms with van der Waals surface area (Å²) in [5.41, 5.74) is -0.744. The summed E-state index contributed by atoms with van der Waals surface area (Å²) >= 11 is 0. The lowest BCUT2D eigenvalue weighted by Gasteiger charge is -2.29. The van der Waals surface area contributed by atoms with Crippen LogP contribution in [0.1, 0.15) is 74.3 Å². The molecule has 0 radical (unpaired) electrons. The standard InChI is InChI=1S/C29H34F3N3O5/c1-3-23(36)21(10-15-6-5-9-24(15)37)34-27(38)26-18-8-4-7-16(18)14-35(26)28(39)22-13-19-20(33-22)11-17(29(30,31)32)12-25(19)40-2/h11-13,15-16,18,21,26,33H,3-10,14H2,1-2H3,(H,34,38)/t15-,16-,18-,21-,26-/m0/s1. The van der Waals surface area contributed by atoms with Crippen LogP contribution in [0.2, 0.25) is 0 Å². The number of aromatic nitrogens is 1. The van der Waals surface area contributed by atoms with Crippen LogP contribution < -0.4 is 10.1 Å². The average Bonchev–Trinajstić information content (AvgIpc) is 3.70. The van der Waals surface area contributed by atoms with Crippen LogP contribution in [0.15, 0.2) is 18.2 Å². The Morgan fingerprint density at radius 1 is 1.15 bits per heavy atom. The molecule has 0 spiro atoms. The molecule has 1 saturated heterocycles. The number of nitrogens with one attached hydrogen (secondary N) is 2. The van der Waals surface area contributed by atoms with Crippen LogP contribution >= 0.6 is 0 Å². The zero-order chi connectivity index (χ0) is 28.8. The van der Waals surface area contributed by atoms with Crippen LogP contribution in [0.3, 0.4) is 0 Å². The van der Waals surface area contributed by atoms with Gasteiger partial charge in [0.2, 0.25) is 5.91 Å². The van der Waals surface area contributed by atoms with Gasteiger partial charge < -0.3 is 19.9 Å². The van der Waals surface area contributed by atoms with Gasteiger partial charge in [-0.2, -0.15) is 13.2 Å². The second kappa shape index (κ2) is 10.9. The lowest BCUT2D eigenvalue weighted by atomic mass is 9.91. The van der Waals surface area contributed by atoms with Gasteiger partial charge in [0, 0.05) is 30.7 Å². The van der Waals surface area contributed by atoms with Crippen LogP contribution in [-0.2, 0) is 20.6 Å². The number of Topliss-reactive ketones (excluding diaryl/α,β-unsaturated/α-hetero) is 2. The molecule has 3 fully saturated rings. The van der Waals surface area contributed by atoms with Crippen LogP contribution in [0.5, 0.6) is 5.75 Å². The van der Waals surface area contributed by atoms with Gasteiger partial charge in [-0.05, 0) is 62.1 Å². The lowest BCUT2D eigenvalue weighted by Crippen LogP contribution is -2.53. The van der Waals surface area contributed by atoms with E-state index < -0.39 is 35.6 Å². The molecule has 40 heavy (non-hydrogen) atoms. The Balaban J connectivity index is 1.42. The van der Waals surface area contributed by atoms with Crippen molar-refractivity contribution in [1.82, 2.24) is 15.2 Å². The predicted molar refractivity (Wildman–Crippen MR) is 140 cm³/mol. The Hall–Kier alpha value is -3.37. The number of methoxy groups -OCH3 is 1. The van der Waals surface area contributed by atoms with Gasteiger partial charge in [-0.1, -0.05) is 13.3 Å². The number of carbonyl (C=O) groups is 4. The summed E-state index contributed by atoms with van der Waals surface area (Å²) in [6.45, 7) is 2.06. The number of H-pyrrole nitrogens is 1. The molecule has 5 atom stereocenters. The van der Waals surface area contributed by atoms with Gasteiger partial charge in [-0.15, -0.1) is 0 Å². The van der Waals surface area contributed by atoms with Crippen LogP contribution in [0, 0.1) is 17.8 Å². The highest BCUT2D eigenvalue weighted by atomic mass is 19.4. The number of ether oxygens (including phenoxy) is 1. The number of halogens is 3. The number of hydrogen-bond acceptors (Lipinski definition) is 5. The number of fused-ring (bicyclic) bond motifs is 2. The second-order valence-electron chi connectivity index (χ2n) is 11.2. The molecule has 2 heterocycles. The maximum Gasteiger partial charge on any atom is 0.416 e. The molecule has 0 unspecified atom stereocenters. The van der Waals surface area contributed by atoms with Gasteiger partial charge in [0.15, 0.2) is 5.78 Å². The second-order valence-corrected chi connectivity index (χ2v) is 11.2. The number of rotatable bonds is 8. The Labute approximate surface area is 230 Å². The maximum atomic E-state index is 13.8. The number of alkyl halides is 3. The Morgan fingerprint density at radius 3 is 2.58 bits per heavy atom. The van der Waals surface area contributed by atoms with Crippen molar-refractivity contribution in [1.29, 1.82) is 0 Å². The fourth-order valence-electron chi connectivity index (χ4n) is 6.85. The maximum absolute atomic E-state index is 13.8. The minimum Gasteiger partial charge on any atom is -0.496 e. The Morgan fingerprint density at radius 2 is 1.93 bits per heavy atom. The van der Waals surface area contributed by atoms with E-state index in [1.165, 1.54) is 18.1 Å². The number of aromatic amines is 1. The van der Waals surface area contributed by atoms with Crippen molar-refractivity contribution >= 4 is 34.3 Å². The monoisotopic (exact) mass is 561 g/mol. The van der Waals surface area contributed by atoms with E-state index in [0.29, 0.717) is 24.8 Å². The van der Waals surface area contributed by atoms with Gasteiger partial charge in [0.25, 0.3) is 5.91 Å². The summed E-state index contributed by atoms with van der Waals surface area (Å²) in [5.74, 6) is -1.20. The van der Waals surface area contributed by atoms with Crippen molar-refractivity contribution in [3.05, 3.63) is 29.5 Å². The molecule has 2 amide bonds. The van der Waals surface area contributed by atoms with Crippen LogP contribution in [0.25, 0.3) is 10.9 Å². The van der Waals surface area contributed by atoms with E-state index in [1.54, 1.807) is 6.92 Å². The fourth-order valence-corrected chi connectivity index (χ4v) is 6.85. The molecule has 2 aromatic rings. The van der Waals surface area contributed by atoms with Gasteiger partial charge in [-0.25, -0.2) is 0 Å². The molecule has 2 N–H and O–H groups in total. The third-order valence-electron chi connectivity index (χ3n) is 8.90. The Kier molecular flexibility index (Phi) is 7.67. The van der Waals surface area contributed by atoms with Gasteiger partial charge in [0.05, 0.1) is 24.2 Å². The van der Waals surface area contributed by atoms with E-state index >= 15 is 0 Å². The highest BCUT2D eigenvalue weighted by Gasteiger charge is 2.50.